The molecule has 10 rings (SSSR count). The van der Waals surface area contributed by atoms with Crippen LogP contribution in [0.25, 0.3) is 74.4 Å². The molecule has 0 spiro atoms. The first-order valence-corrected chi connectivity index (χ1v) is 17.3. The highest BCUT2D eigenvalue weighted by Crippen LogP contribution is 2.47. The molecule has 0 N–H and O–H groups in total. The van der Waals surface area contributed by atoms with Crippen molar-refractivity contribution in [2.24, 2.45) is 0 Å². The number of para-hydroxylation sites is 1. The molecule has 0 saturated heterocycles. The summed E-state index contributed by atoms with van der Waals surface area (Å²) < 4.78 is 2.61. The molecule has 1 heterocycles. The SMILES string of the molecule is c1ccc(N(c2ccc(-c3cc4ccccc4c4c3ccc3ccccc34)cc2)c2cccc3sc4ccc5ccccc5c4c23)cc1. The number of benzene rings is 9. The van der Waals surface area contributed by atoms with Gasteiger partial charge in [0.1, 0.15) is 0 Å². The zero-order chi connectivity index (χ0) is 31.6. The van der Waals surface area contributed by atoms with Gasteiger partial charge in [-0.25, -0.2) is 0 Å². The second-order valence-corrected chi connectivity index (χ2v) is 13.6. The minimum atomic E-state index is 1.13. The molecule has 0 saturated carbocycles. The van der Waals surface area contributed by atoms with Crippen LogP contribution < -0.4 is 4.90 Å². The summed E-state index contributed by atoms with van der Waals surface area (Å²) in [5.74, 6) is 0. The lowest BCUT2D eigenvalue weighted by Gasteiger charge is -2.27. The van der Waals surface area contributed by atoms with Crippen LogP contribution in [0.5, 0.6) is 0 Å². The van der Waals surface area contributed by atoms with Crippen molar-refractivity contribution in [3.05, 3.63) is 176 Å². The van der Waals surface area contributed by atoms with E-state index in [1.54, 1.807) is 0 Å². The normalized spacial score (nSPS) is 11.8. The molecule has 1 nitrogen and oxygen atoms in total. The van der Waals surface area contributed by atoms with Gasteiger partial charge in [0.2, 0.25) is 0 Å². The van der Waals surface area contributed by atoms with Gasteiger partial charge in [-0.05, 0) is 103 Å². The van der Waals surface area contributed by atoms with Crippen LogP contribution in [0.1, 0.15) is 0 Å². The van der Waals surface area contributed by atoms with Gasteiger partial charge in [-0.2, -0.15) is 0 Å². The summed E-state index contributed by atoms with van der Waals surface area (Å²) in [7, 11) is 0. The molecule has 48 heavy (non-hydrogen) atoms. The molecule has 224 valence electrons. The highest BCUT2D eigenvalue weighted by molar-refractivity contribution is 7.26. The number of hydrogen-bond donors (Lipinski definition) is 0. The third kappa shape index (κ3) is 4.17. The van der Waals surface area contributed by atoms with E-state index in [4.69, 9.17) is 0 Å². The molecule has 0 bridgehead atoms. The van der Waals surface area contributed by atoms with E-state index >= 15 is 0 Å². The predicted molar refractivity (Wildman–Crippen MR) is 209 cm³/mol. The molecule has 0 aliphatic rings. The summed E-state index contributed by atoms with van der Waals surface area (Å²) in [4.78, 5) is 2.42. The monoisotopic (exact) mass is 627 g/mol. The van der Waals surface area contributed by atoms with Crippen molar-refractivity contribution in [1.82, 2.24) is 0 Å². The fraction of sp³-hybridized carbons (Fsp3) is 0. The van der Waals surface area contributed by atoms with Crippen molar-refractivity contribution in [3.8, 4) is 11.1 Å². The highest BCUT2D eigenvalue weighted by Gasteiger charge is 2.20. The van der Waals surface area contributed by atoms with E-state index in [1.807, 2.05) is 11.3 Å². The molecule has 1 aromatic heterocycles. The molecule has 0 unspecified atom stereocenters. The summed E-state index contributed by atoms with van der Waals surface area (Å²) in [5.41, 5.74) is 5.93. The van der Waals surface area contributed by atoms with E-state index in [0.29, 0.717) is 0 Å². The first-order chi connectivity index (χ1) is 23.8. The fourth-order valence-corrected chi connectivity index (χ4v) is 8.80. The van der Waals surface area contributed by atoms with Gasteiger partial charge in [-0.3, -0.25) is 0 Å². The Balaban J connectivity index is 1.19. The van der Waals surface area contributed by atoms with Gasteiger partial charge in [0.25, 0.3) is 0 Å². The maximum absolute atomic E-state index is 2.42. The molecule has 10 aromatic rings. The highest BCUT2D eigenvalue weighted by atomic mass is 32.1. The van der Waals surface area contributed by atoms with Crippen LogP contribution in [0, 0.1) is 0 Å². The van der Waals surface area contributed by atoms with E-state index in [0.717, 1.165) is 11.4 Å². The van der Waals surface area contributed by atoms with Crippen LogP contribution in [0.2, 0.25) is 0 Å². The molecular formula is C46H29NS. The van der Waals surface area contributed by atoms with Crippen molar-refractivity contribution in [2.75, 3.05) is 4.90 Å². The predicted octanol–water partition coefficient (Wildman–Crippen LogP) is 13.8. The van der Waals surface area contributed by atoms with Gasteiger partial charge in [-0.1, -0.05) is 127 Å². The lowest BCUT2D eigenvalue weighted by molar-refractivity contribution is 1.30. The molecule has 9 aromatic carbocycles. The Morgan fingerprint density at radius 2 is 0.938 bits per heavy atom. The smallest absolute Gasteiger partial charge is 0.0555 e. The second kappa shape index (κ2) is 10.8. The minimum Gasteiger partial charge on any atom is -0.310 e. The molecule has 0 atom stereocenters. The summed E-state index contributed by atoms with van der Waals surface area (Å²) in [6.45, 7) is 0. The Labute approximate surface area is 282 Å². The van der Waals surface area contributed by atoms with E-state index < -0.39 is 0 Å². The van der Waals surface area contributed by atoms with Gasteiger partial charge in [-0.15, -0.1) is 11.3 Å². The molecular weight excluding hydrogens is 599 g/mol. The minimum absolute atomic E-state index is 1.13. The van der Waals surface area contributed by atoms with Crippen molar-refractivity contribution < 1.29 is 0 Å². The van der Waals surface area contributed by atoms with E-state index in [1.165, 1.54) is 80.1 Å². The number of hydrogen-bond acceptors (Lipinski definition) is 2. The van der Waals surface area contributed by atoms with Crippen molar-refractivity contribution in [3.63, 3.8) is 0 Å². The van der Waals surface area contributed by atoms with Crippen LogP contribution in [-0.2, 0) is 0 Å². The maximum atomic E-state index is 2.42. The van der Waals surface area contributed by atoms with E-state index in [-0.39, 0.29) is 0 Å². The lowest BCUT2D eigenvalue weighted by atomic mass is 9.90. The maximum Gasteiger partial charge on any atom is 0.0555 e. The number of fused-ring (bicyclic) bond motifs is 10. The second-order valence-electron chi connectivity index (χ2n) is 12.5. The van der Waals surface area contributed by atoms with Crippen molar-refractivity contribution in [2.45, 2.75) is 0 Å². The van der Waals surface area contributed by atoms with Crippen molar-refractivity contribution >= 4 is 91.7 Å². The van der Waals surface area contributed by atoms with Crippen LogP contribution >= 0.6 is 11.3 Å². The average molecular weight is 628 g/mol. The fourth-order valence-electron chi connectivity index (χ4n) is 7.66. The molecule has 2 heteroatoms. The number of nitrogens with zero attached hydrogens (tertiary/aromatic N) is 1. The molecule has 0 radical (unpaired) electrons. The molecule has 0 aliphatic carbocycles. The van der Waals surface area contributed by atoms with Crippen LogP contribution in [0.4, 0.5) is 17.1 Å². The topological polar surface area (TPSA) is 3.24 Å². The van der Waals surface area contributed by atoms with Gasteiger partial charge in [0.15, 0.2) is 0 Å². The summed E-state index contributed by atoms with van der Waals surface area (Å²) >= 11 is 1.87. The zero-order valence-corrected chi connectivity index (χ0v) is 26.9. The average Bonchev–Trinajstić information content (AvgIpc) is 3.55. The molecule has 0 aliphatic heterocycles. The van der Waals surface area contributed by atoms with E-state index in [9.17, 15) is 0 Å². The first kappa shape index (κ1) is 27.2. The van der Waals surface area contributed by atoms with Gasteiger partial charge in [0.05, 0.1) is 5.69 Å². The first-order valence-electron chi connectivity index (χ1n) is 16.4. The number of anilines is 3. The Kier molecular flexibility index (Phi) is 6.12. The Morgan fingerprint density at radius 3 is 1.69 bits per heavy atom. The quantitative estimate of drug-likeness (QED) is 0.176. The Hall–Kier alpha value is -5.96. The summed E-state index contributed by atoms with van der Waals surface area (Å²) in [5, 5.41) is 12.9. The largest absolute Gasteiger partial charge is 0.310 e. The van der Waals surface area contributed by atoms with Gasteiger partial charge in [0, 0.05) is 31.5 Å². The summed E-state index contributed by atoms with van der Waals surface area (Å²) in [6, 6.07) is 64.4. The number of thiophene rings is 1. The van der Waals surface area contributed by atoms with Crippen LogP contribution in [-0.4, -0.2) is 0 Å². The Morgan fingerprint density at radius 1 is 0.354 bits per heavy atom. The van der Waals surface area contributed by atoms with Crippen LogP contribution in [0.15, 0.2) is 176 Å². The number of rotatable bonds is 4. The van der Waals surface area contributed by atoms with Crippen LogP contribution in [0.3, 0.4) is 0 Å². The lowest BCUT2D eigenvalue weighted by Crippen LogP contribution is -2.10. The van der Waals surface area contributed by atoms with E-state index in [2.05, 4.69) is 181 Å². The van der Waals surface area contributed by atoms with Crippen molar-refractivity contribution in [1.29, 1.82) is 0 Å². The van der Waals surface area contributed by atoms with Gasteiger partial charge < -0.3 is 4.90 Å². The standard InChI is InChI=1S/C46H29NS/c1-2-14-34(15-3-1)47(41-19-10-20-42-46(41)45-37-17-8-5-12-31(37)24-28-43(45)48-42)35-25-21-32(22-26-35)40-29-33-13-6-9-18-38(33)44-36-16-7-4-11-30(36)23-27-39(40)44/h1-29H. The molecule has 0 fully saturated rings. The Bertz CT molecular complexity index is 2810. The zero-order valence-electron chi connectivity index (χ0n) is 26.1. The molecule has 0 amide bonds. The third-order valence-corrected chi connectivity index (χ3v) is 10.9. The third-order valence-electron chi connectivity index (χ3n) is 9.81. The summed E-state index contributed by atoms with van der Waals surface area (Å²) in [6.07, 6.45) is 0. The van der Waals surface area contributed by atoms with Gasteiger partial charge >= 0.3 is 0 Å².